The quantitative estimate of drug-likeness (QED) is 0.227. The maximum atomic E-state index is 4.45. The van der Waals surface area contributed by atoms with Crippen LogP contribution in [0.25, 0.3) is 0 Å². The van der Waals surface area contributed by atoms with Crippen LogP contribution in [0.5, 0.6) is 0 Å². The molecule has 0 aliphatic carbocycles. The molecule has 0 saturated carbocycles. The molecule has 0 unspecified atom stereocenters. The van der Waals surface area contributed by atoms with Gasteiger partial charge in [0.15, 0.2) is 0 Å². The fourth-order valence-corrected chi connectivity index (χ4v) is 4.54. The van der Waals surface area contributed by atoms with E-state index in [0.29, 0.717) is 5.54 Å². The highest BCUT2D eigenvalue weighted by Gasteiger charge is 2.32. The molecule has 0 aromatic rings. The molecule has 1 aliphatic rings. The lowest BCUT2D eigenvalue weighted by atomic mass is 9.85. The Kier molecular flexibility index (Phi) is 14.0. The van der Waals surface area contributed by atoms with Crippen LogP contribution in [0.3, 0.4) is 0 Å². The fourth-order valence-electron chi connectivity index (χ4n) is 4.54. The first-order valence-corrected chi connectivity index (χ1v) is 12.1. The summed E-state index contributed by atoms with van der Waals surface area (Å²) >= 11 is 0. The Morgan fingerprint density at radius 2 is 1.15 bits per heavy atom. The molecular weight excluding hydrogens is 316 g/mol. The van der Waals surface area contributed by atoms with Crippen molar-refractivity contribution in [1.82, 2.24) is 4.90 Å². The molecule has 2 nitrogen and oxygen atoms in total. The van der Waals surface area contributed by atoms with E-state index in [1.807, 2.05) is 0 Å². The van der Waals surface area contributed by atoms with Gasteiger partial charge in [-0.3, -0.25) is 4.99 Å². The predicted molar refractivity (Wildman–Crippen MR) is 118 cm³/mol. The van der Waals surface area contributed by atoms with Gasteiger partial charge in [-0.15, -0.1) is 0 Å². The summed E-state index contributed by atoms with van der Waals surface area (Å²) in [4.78, 5) is 6.98. The summed E-state index contributed by atoms with van der Waals surface area (Å²) in [7, 11) is 0. The van der Waals surface area contributed by atoms with Gasteiger partial charge in [0.05, 0.1) is 12.9 Å². The minimum absolute atomic E-state index is 0.386. The van der Waals surface area contributed by atoms with Crippen LogP contribution in [0.1, 0.15) is 130 Å². The second-order valence-corrected chi connectivity index (χ2v) is 8.49. The molecule has 1 aliphatic heterocycles. The molecule has 2 heteroatoms. The van der Waals surface area contributed by atoms with Gasteiger partial charge in [0.1, 0.15) is 0 Å². The van der Waals surface area contributed by atoms with Crippen molar-refractivity contribution < 1.29 is 0 Å². The highest BCUT2D eigenvalue weighted by atomic mass is 15.3. The van der Waals surface area contributed by atoms with Crippen LogP contribution in [-0.2, 0) is 0 Å². The number of hydrogen-bond acceptors (Lipinski definition) is 2. The normalized spacial score (nSPS) is 14.5. The van der Waals surface area contributed by atoms with Crippen LogP contribution in [-0.4, -0.2) is 29.9 Å². The van der Waals surface area contributed by atoms with E-state index in [1.165, 1.54) is 109 Å². The molecule has 1 heterocycles. The first kappa shape index (κ1) is 23.5. The predicted octanol–water partition coefficient (Wildman–Crippen LogP) is 7.76. The maximum absolute atomic E-state index is 4.45. The zero-order valence-electron chi connectivity index (χ0n) is 18.4. The van der Waals surface area contributed by atoms with Crippen molar-refractivity contribution in [3.63, 3.8) is 0 Å². The zero-order valence-corrected chi connectivity index (χ0v) is 18.4. The van der Waals surface area contributed by atoms with Crippen molar-refractivity contribution in [3.8, 4) is 0 Å². The minimum Gasteiger partial charge on any atom is -0.355 e. The number of hydrogen-bond donors (Lipinski definition) is 0. The summed E-state index contributed by atoms with van der Waals surface area (Å²) in [6, 6.07) is 0. The highest BCUT2D eigenvalue weighted by molar-refractivity contribution is 5.58. The van der Waals surface area contributed by atoms with E-state index >= 15 is 0 Å². The topological polar surface area (TPSA) is 15.6 Å². The lowest BCUT2D eigenvalue weighted by Crippen LogP contribution is -2.46. The Hall–Kier alpha value is -0.530. The summed E-state index contributed by atoms with van der Waals surface area (Å²) in [5.74, 6) is 0. The van der Waals surface area contributed by atoms with Crippen molar-refractivity contribution in [2.75, 3.05) is 13.1 Å². The zero-order chi connectivity index (χ0) is 18.9. The molecule has 0 radical (unpaired) electrons. The second-order valence-electron chi connectivity index (χ2n) is 8.49. The molecule has 0 fully saturated rings. The lowest BCUT2D eigenvalue weighted by Gasteiger charge is -2.40. The Labute approximate surface area is 165 Å². The van der Waals surface area contributed by atoms with Crippen LogP contribution in [0, 0.1) is 0 Å². The fraction of sp³-hybridized carbons (Fsp3) is 0.958. The molecule has 0 atom stereocenters. The number of unbranched alkanes of at least 4 members (excludes halogenated alkanes) is 13. The molecule has 0 saturated heterocycles. The molecule has 0 N–H and O–H groups in total. The van der Waals surface area contributed by atoms with Crippen molar-refractivity contribution in [3.05, 3.63) is 0 Å². The standard InChI is InChI=1S/C24H48N2/c1-4-7-8-9-10-11-12-13-14-15-16-17-18-19-20-24(5-2,6-3)26-22-21-25-23-26/h23H,4-22H2,1-3H3. The molecule has 0 spiro atoms. The third kappa shape index (κ3) is 9.42. The van der Waals surface area contributed by atoms with Crippen LogP contribution in [0.15, 0.2) is 4.99 Å². The summed E-state index contributed by atoms with van der Waals surface area (Å²) < 4.78 is 0. The van der Waals surface area contributed by atoms with Gasteiger partial charge in [0.25, 0.3) is 0 Å². The van der Waals surface area contributed by atoms with Gasteiger partial charge >= 0.3 is 0 Å². The molecule has 0 bridgehead atoms. The Morgan fingerprint density at radius 1 is 0.692 bits per heavy atom. The number of rotatable bonds is 18. The maximum Gasteiger partial charge on any atom is 0.0855 e. The summed E-state index contributed by atoms with van der Waals surface area (Å²) in [6.07, 6.45) is 26.2. The van der Waals surface area contributed by atoms with Crippen LogP contribution in [0.4, 0.5) is 0 Å². The summed E-state index contributed by atoms with van der Waals surface area (Å²) in [6.45, 7) is 9.16. The largest absolute Gasteiger partial charge is 0.355 e. The van der Waals surface area contributed by atoms with E-state index in [4.69, 9.17) is 0 Å². The number of aliphatic imine (C=N–C) groups is 1. The van der Waals surface area contributed by atoms with Gasteiger partial charge in [0, 0.05) is 12.1 Å². The average Bonchev–Trinajstić information content (AvgIpc) is 3.21. The monoisotopic (exact) mass is 364 g/mol. The number of nitrogens with zero attached hydrogens (tertiary/aromatic N) is 2. The van der Waals surface area contributed by atoms with Crippen molar-refractivity contribution in [1.29, 1.82) is 0 Å². The minimum atomic E-state index is 0.386. The molecule has 26 heavy (non-hydrogen) atoms. The lowest BCUT2D eigenvalue weighted by molar-refractivity contribution is 0.157. The first-order chi connectivity index (χ1) is 12.8. The van der Waals surface area contributed by atoms with Gasteiger partial charge in [-0.2, -0.15) is 0 Å². The molecular formula is C24H48N2. The smallest absolute Gasteiger partial charge is 0.0855 e. The second kappa shape index (κ2) is 15.5. The molecule has 0 aromatic heterocycles. The molecule has 0 amide bonds. The van der Waals surface area contributed by atoms with E-state index in [-0.39, 0.29) is 0 Å². The van der Waals surface area contributed by atoms with Gasteiger partial charge in [-0.1, -0.05) is 111 Å². The van der Waals surface area contributed by atoms with E-state index in [2.05, 4.69) is 37.0 Å². The van der Waals surface area contributed by atoms with Gasteiger partial charge in [0.2, 0.25) is 0 Å². The Morgan fingerprint density at radius 3 is 1.54 bits per heavy atom. The van der Waals surface area contributed by atoms with E-state index in [1.54, 1.807) is 0 Å². The highest BCUT2D eigenvalue weighted by Crippen LogP contribution is 2.30. The molecule has 154 valence electrons. The summed E-state index contributed by atoms with van der Waals surface area (Å²) in [5.41, 5.74) is 0.386. The van der Waals surface area contributed by atoms with Crippen molar-refractivity contribution >= 4 is 6.34 Å². The Bertz CT molecular complexity index is 333. The molecule has 0 aromatic carbocycles. The van der Waals surface area contributed by atoms with E-state index < -0.39 is 0 Å². The van der Waals surface area contributed by atoms with Gasteiger partial charge in [-0.05, 0) is 19.3 Å². The van der Waals surface area contributed by atoms with Crippen molar-refractivity contribution in [2.45, 2.75) is 135 Å². The van der Waals surface area contributed by atoms with Gasteiger partial charge in [-0.25, -0.2) is 0 Å². The van der Waals surface area contributed by atoms with E-state index in [0.717, 1.165) is 13.1 Å². The SMILES string of the molecule is CCCCCCCCCCCCCCCCC(CC)(CC)N1C=NCC1. The third-order valence-electron chi connectivity index (χ3n) is 6.61. The van der Waals surface area contributed by atoms with Crippen LogP contribution < -0.4 is 0 Å². The Balaban J connectivity index is 1.93. The average molecular weight is 365 g/mol. The van der Waals surface area contributed by atoms with Gasteiger partial charge < -0.3 is 4.90 Å². The first-order valence-electron chi connectivity index (χ1n) is 12.1. The van der Waals surface area contributed by atoms with Crippen LogP contribution >= 0.6 is 0 Å². The summed E-state index contributed by atoms with van der Waals surface area (Å²) in [5, 5.41) is 0. The van der Waals surface area contributed by atoms with Crippen molar-refractivity contribution in [2.24, 2.45) is 4.99 Å². The van der Waals surface area contributed by atoms with Crippen LogP contribution in [0.2, 0.25) is 0 Å². The third-order valence-corrected chi connectivity index (χ3v) is 6.61. The van der Waals surface area contributed by atoms with E-state index in [9.17, 15) is 0 Å². The molecule has 1 rings (SSSR count).